The quantitative estimate of drug-likeness (QED) is 0.744. The highest BCUT2D eigenvalue weighted by atomic mass is 19.4. The molecule has 0 aromatic rings. The van der Waals surface area contributed by atoms with Crippen molar-refractivity contribution in [1.29, 1.82) is 5.26 Å². The van der Waals surface area contributed by atoms with E-state index in [9.17, 15) is 22.8 Å². The second-order valence-electron chi connectivity index (χ2n) is 3.91. The summed E-state index contributed by atoms with van der Waals surface area (Å²) in [5, 5.41) is 13.1. The van der Waals surface area contributed by atoms with Crippen molar-refractivity contribution < 1.29 is 27.5 Å². The van der Waals surface area contributed by atoms with E-state index in [1.165, 1.54) is 0 Å². The third-order valence-electron chi connectivity index (χ3n) is 2.06. The van der Waals surface area contributed by atoms with E-state index in [0.717, 1.165) is 6.42 Å². The second-order valence-corrected chi connectivity index (χ2v) is 3.91. The van der Waals surface area contributed by atoms with Gasteiger partial charge in [-0.05, 0) is 6.42 Å². The molecule has 0 aliphatic rings. The van der Waals surface area contributed by atoms with Gasteiger partial charge in [0.2, 0.25) is 5.91 Å². The van der Waals surface area contributed by atoms with Crippen LogP contribution >= 0.6 is 0 Å². The highest BCUT2D eigenvalue weighted by Gasteiger charge is 2.29. The number of alkyl halides is 3. The van der Waals surface area contributed by atoms with Crippen molar-refractivity contribution in [2.45, 2.75) is 38.4 Å². The predicted octanol–water partition coefficient (Wildman–Crippen LogP) is 1.47. The van der Waals surface area contributed by atoms with Gasteiger partial charge in [0.1, 0.15) is 6.04 Å². The summed E-state index contributed by atoms with van der Waals surface area (Å²) in [7, 11) is 0. The molecular formula is C11H16F3N3O3. The number of carbonyl (C=O) groups excluding carboxylic acids is 2. The molecule has 0 aliphatic carbocycles. The molecule has 0 radical (unpaired) electrons. The Balaban J connectivity index is 3.81. The molecule has 0 bridgehead atoms. The van der Waals surface area contributed by atoms with Crippen LogP contribution in [0, 0.1) is 11.3 Å². The van der Waals surface area contributed by atoms with E-state index in [1.807, 2.05) is 18.3 Å². The van der Waals surface area contributed by atoms with Crippen LogP contribution in [0.25, 0.3) is 0 Å². The molecule has 0 rings (SSSR count). The zero-order valence-electron chi connectivity index (χ0n) is 10.9. The molecule has 0 aliphatic heterocycles. The van der Waals surface area contributed by atoms with Crippen molar-refractivity contribution in [2.24, 2.45) is 0 Å². The van der Waals surface area contributed by atoms with Gasteiger partial charge >= 0.3 is 12.3 Å². The Kier molecular flexibility index (Phi) is 8.12. The van der Waals surface area contributed by atoms with E-state index >= 15 is 0 Å². The van der Waals surface area contributed by atoms with E-state index < -0.39 is 30.8 Å². The lowest BCUT2D eigenvalue weighted by Crippen LogP contribution is -2.36. The second kappa shape index (κ2) is 9.01. The van der Waals surface area contributed by atoms with Crippen molar-refractivity contribution in [3.63, 3.8) is 0 Å². The fourth-order valence-electron chi connectivity index (χ4n) is 1.20. The number of nitrogens with one attached hydrogen (secondary N) is 2. The van der Waals surface area contributed by atoms with Gasteiger partial charge in [0.05, 0.1) is 6.07 Å². The number of nitriles is 1. The Morgan fingerprint density at radius 2 is 2.05 bits per heavy atom. The fraction of sp³-hybridized carbons (Fsp3) is 0.727. The van der Waals surface area contributed by atoms with Gasteiger partial charge in [-0.1, -0.05) is 13.3 Å². The maximum atomic E-state index is 11.7. The van der Waals surface area contributed by atoms with Crippen LogP contribution in [0.5, 0.6) is 0 Å². The minimum Gasteiger partial charge on any atom is -0.440 e. The van der Waals surface area contributed by atoms with E-state index in [2.05, 4.69) is 10.1 Å². The molecule has 0 heterocycles. The minimum absolute atomic E-state index is 0.150. The van der Waals surface area contributed by atoms with Crippen LogP contribution in [0.4, 0.5) is 18.0 Å². The third kappa shape index (κ3) is 9.99. The summed E-state index contributed by atoms with van der Waals surface area (Å²) in [5.74, 6) is -0.471. The van der Waals surface area contributed by atoms with Crippen molar-refractivity contribution in [3.05, 3.63) is 0 Å². The summed E-state index contributed by atoms with van der Waals surface area (Å²) in [6.07, 6.45) is -4.76. The molecule has 9 heteroatoms. The van der Waals surface area contributed by atoms with Crippen LogP contribution in [-0.2, 0) is 9.53 Å². The largest absolute Gasteiger partial charge is 0.440 e. The molecule has 0 aromatic carbocycles. The number of alkyl carbamates (subject to hydrolysis) is 1. The number of rotatable bonds is 7. The molecule has 1 unspecified atom stereocenters. The van der Waals surface area contributed by atoms with Gasteiger partial charge in [-0.15, -0.1) is 0 Å². The molecule has 6 nitrogen and oxygen atoms in total. The zero-order chi connectivity index (χ0) is 15.6. The summed E-state index contributed by atoms with van der Waals surface area (Å²) in [6, 6.07) is 1.29. The summed E-state index contributed by atoms with van der Waals surface area (Å²) in [4.78, 5) is 22.2. The topological polar surface area (TPSA) is 91.2 Å². The summed E-state index contributed by atoms with van der Waals surface area (Å²) in [6.45, 7) is -0.000455. The fourth-order valence-corrected chi connectivity index (χ4v) is 1.20. The zero-order valence-corrected chi connectivity index (χ0v) is 10.9. The lowest BCUT2D eigenvalue weighted by molar-refractivity contribution is -0.160. The molecule has 0 fully saturated rings. The lowest BCUT2D eigenvalue weighted by atomic mass is 10.2. The first-order valence-corrected chi connectivity index (χ1v) is 5.94. The first-order chi connectivity index (χ1) is 9.28. The highest BCUT2D eigenvalue weighted by Crippen LogP contribution is 2.14. The number of amides is 2. The van der Waals surface area contributed by atoms with E-state index in [4.69, 9.17) is 5.26 Å². The minimum atomic E-state index is -4.59. The third-order valence-corrected chi connectivity index (χ3v) is 2.06. The molecule has 2 amide bonds. The molecule has 2 N–H and O–H groups in total. The van der Waals surface area contributed by atoms with Crippen LogP contribution in [0.3, 0.4) is 0 Å². The number of hydrogen-bond acceptors (Lipinski definition) is 4. The number of carbonyl (C=O) groups is 2. The highest BCUT2D eigenvalue weighted by molar-refractivity contribution is 5.77. The van der Waals surface area contributed by atoms with Gasteiger partial charge in [0.25, 0.3) is 0 Å². The van der Waals surface area contributed by atoms with E-state index in [1.54, 1.807) is 0 Å². The monoisotopic (exact) mass is 295 g/mol. The standard InChI is InChI=1S/C11H16F3N3O3/c1-2-3-8(6-15)17-9(18)4-5-16-10(19)20-7-11(12,13)14/h8H,2-5,7H2,1H3,(H,16,19)(H,17,18). The lowest BCUT2D eigenvalue weighted by Gasteiger charge is -2.11. The first kappa shape index (κ1) is 18.0. The van der Waals surface area contributed by atoms with Crippen LogP contribution in [0.15, 0.2) is 0 Å². The molecule has 1 atom stereocenters. The van der Waals surface area contributed by atoms with Crippen molar-refractivity contribution in [1.82, 2.24) is 10.6 Å². The molecule has 0 aromatic heterocycles. The Bertz CT molecular complexity index is 366. The van der Waals surface area contributed by atoms with Gasteiger partial charge in [-0.2, -0.15) is 18.4 Å². The molecule has 20 heavy (non-hydrogen) atoms. The van der Waals surface area contributed by atoms with E-state index in [0.29, 0.717) is 6.42 Å². The van der Waals surface area contributed by atoms with Gasteiger partial charge in [0.15, 0.2) is 6.61 Å². The van der Waals surface area contributed by atoms with Crippen LogP contribution in [-0.4, -0.2) is 37.4 Å². The van der Waals surface area contributed by atoms with Gasteiger partial charge in [-0.25, -0.2) is 4.79 Å². The van der Waals surface area contributed by atoms with Crippen LogP contribution < -0.4 is 10.6 Å². The summed E-state index contributed by atoms with van der Waals surface area (Å²) >= 11 is 0. The van der Waals surface area contributed by atoms with E-state index in [-0.39, 0.29) is 13.0 Å². The average Bonchev–Trinajstić information content (AvgIpc) is 2.35. The van der Waals surface area contributed by atoms with Gasteiger partial charge in [-0.3, -0.25) is 4.79 Å². The molecule has 0 saturated heterocycles. The molecule has 0 spiro atoms. The number of hydrogen-bond donors (Lipinski definition) is 2. The Morgan fingerprint density at radius 1 is 1.40 bits per heavy atom. The van der Waals surface area contributed by atoms with Crippen molar-refractivity contribution in [2.75, 3.05) is 13.2 Å². The smallest absolute Gasteiger partial charge is 0.422 e. The van der Waals surface area contributed by atoms with Gasteiger partial charge < -0.3 is 15.4 Å². The van der Waals surface area contributed by atoms with Crippen LogP contribution in [0.1, 0.15) is 26.2 Å². The van der Waals surface area contributed by atoms with Crippen molar-refractivity contribution >= 4 is 12.0 Å². The summed E-state index contributed by atoms with van der Waals surface area (Å²) in [5.41, 5.74) is 0. The normalized spacial score (nSPS) is 12.2. The maximum absolute atomic E-state index is 11.7. The SMILES string of the molecule is CCCC(C#N)NC(=O)CCNC(=O)OCC(F)(F)F. The van der Waals surface area contributed by atoms with Crippen LogP contribution in [0.2, 0.25) is 0 Å². The van der Waals surface area contributed by atoms with Crippen molar-refractivity contribution in [3.8, 4) is 6.07 Å². The first-order valence-electron chi connectivity index (χ1n) is 5.94. The molecule has 0 saturated carbocycles. The summed E-state index contributed by atoms with van der Waals surface area (Å²) < 4.78 is 39.0. The maximum Gasteiger partial charge on any atom is 0.422 e. The Morgan fingerprint density at radius 3 is 2.55 bits per heavy atom. The Hall–Kier alpha value is -1.98. The van der Waals surface area contributed by atoms with Gasteiger partial charge in [0, 0.05) is 13.0 Å². The molecule has 114 valence electrons. The average molecular weight is 295 g/mol. The number of halogens is 3. The Labute approximate surface area is 114 Å². The predicted molar refractivity (Wildman–Crippen MR) is 62.5 cm³/mol. The number of nitrogens with zero attached hydrogens (tertiary/aromatic N) is 1. The number of ether oxygens (including phenoxy) is 1. The molecular weight excluding hydrogens is 279 g/mol.